The van der Waals surface area contributed by atoms with Crippen molar-refractivity contribution in [2.75, 3.05) is 30.4 Å². The Hall–Kier alpha value is -2.91. The van der Waals surface area contributed by atoms with Crippen LogP contribution in [-0.4, -0.2) is 26.2 Å². The average Bonchev–Trinajstić information content (AvgIpc) is 2.64. The monoisotopic (exact) mass is 419 g/mol. The Kier molecular flexibility index (Phi) is 6.99. The zero-order valence-electron chi connectivity index (χ0n) is 15.4. The maximum absolute atomic E-state index is 12.8. The lowest BCUT2D eigenvalue weighted by Crippen LogP contribution is -2.31. The van der Waals surface area contributed by atoms with E-state index in [1.807, 2.05) is 47.6 Å². The highest BCUT2D eigenvalue weighted by molar-refractivity contribution is 5.89. The Morgan fingerprint density at radius 2 is 1.48 bits per heavy atom. The summed E-state index contributed by atoms with van der Waals surface area (Å²) in [6.07, 6.45) is -9.43. The van der Waals surface area contributed by atoms with Crippen molar-refractivity contribution in [2.45, 2.75) is 18.8 Å². The highest BCUT2D eigenvalue weighted by Gasteiger charge is 2.37. The van der Waals surface area contributed by atoms with E-state index in [1.54, 1.807) is 0 Å². The number of carbonyl (C=O) groups excluding carboxylic acids is 1. The van der Waals surface area contributed by atoms with E-state index >= 15 is 0 Å². The van der Waals surface area contributed by atoms with Gasteiger partial charge in [0, 0.05) is 31.5 Å². The van der Waals surface area contributed by atoms with Gasteiger partial charge in [0.15, 0.2) is 0 Å². The van der Waals surface area contributed by atoms with Crippen LogP contribution in [0.2, 0.25) is 0 Å². The van der Waals surface area contributed by atoms with Gasteiger partial charge < -0.3 is 15.5 Å². The van der Waals surface area contributed by atoms with Crippen LogP contribution < -0.4 is 15.5 Å². The predicted molar refractivity (Wildman–Crippen MR) is 97.8 cm³/mol. The van der Waals surface area contributed by atoms with Crippen LogP contribution in [0.25, 0.3) is 0 Å². The number of para-hydroxylation sites is 1. The molecule has 0 aliphatic heterocycles. The number of nitrogens with zero attached hydrogens (tertiary/aromatic N) is 1. The molecule has 158 valence electrons. The molecular formula is C19H19F6N3O. The standard InChI is InChI=1S/C19H19F6N3O/c1-28(16-6-3-2-4-7-16)9-5-8-26-17(29)27-15-11-13(18(20,21)22)10-14(12-15)19(23,24)25/h2-4,6-7,10-12H,5,8-9H2,1H3,(H2,26,27,29). The Labute approximate surface area is 163 Å². The van der Waals surface area contributed by atoms with Crippen molar-refractivity contribution in [1.82, 2.24) is 5.32 Å². The molecule has 2 N–H and O–H groups in total. The third-order valence-electron chi connectivity index (χ3n) is 4.00. The number of urea groups is 1. The number of carbonyl (C=O) groups is 1. The van der Waals surface area contributed by atoms with Gasteiger partial charge in [-0.25, -0.2) is 4.79 Å². The average molecular weight is 419 g/mol. The number of nitrogens with one attached hydrogen (secondary N) is 2. The van der Waals surface area contributed by atoms with E-state index in [-0.39, 0.29) is 12.6 Å². The summed E-state index contributed by atoms with van der Waals surface area (Å²) in [4.78, 5) is 13.8. The first-order valence-electron chi connectivity index (χ1n) is 8.57. The van der Waals surface area contributed by atoms with Gasteiger partial charge in [-0.2, -0.15) is 26.3 Å². The molecule has 0 aromatic heterocycles. The molecule has 2 rings (SSSR count). The fourth-order valence-corrected chi connectivity index (χ4v) is 2.53. The van der Waals surface area contributed by atoms with Crippen LogP contribution in [0.5, 0.6) is 0 Å². The third kappa shape index (κ3) is 6.88. The molecule has 29 heavy (non-hydrogen) atoms. The fourth-order valence-electron chi connectivity index (χ4n) is 2.53. The van der Waals surface area contributed by atoms with Crippen LogP contribution in [0, 0.1) is 0 Å². The SMILES string of the molecule is CN(CCCNC(=O)Nc1cc(C(F)(F)F)cc(C(F)(F)F)c1)c1ccccc1. The van der Waals surface area contributed by atoms with E-state index in [0.29, 0.717) is 25.1 Å². The van der Waals surface area contributed by atoms with Crippen LogP contribution >= 0.6 is 0 Å². The van der Waals surface area contributed by atoms with E-state index in [9.17, 15) is 31.1 Å². The second-order valence-electron chi connectivity index (χ2n) is 6.29. The van der Waals surface area contributed by atoms with Crippen molar-refractivity contribution < 1.29 is 31.1 Å². The maximum atomic E-state index is 12.8. The summed E-state index contributed by atoms with van der Waals surface area (Å²) in [5.74, 6) is 0. The second kappa shape index (κ2) is 9.06. The lowest BCUT2D eigenvalue weighted by atomic mass is 10.1. The number of halogens is 6. The van der Waals surface area contributed by atoms with Gasteiger partial charge in [-0.05, 0) is 36.8 Å². The molecule has 0 bridgehead atoms. The summed E-state index contributed by atoms with van der Waals surface area (Å²) >= 11 is 0. The smallest absolute Gasteiger partial charge is 0.375 e. The zero-order chi connectivity index (χ0) is 21.7. The van der Waals surface area contributed by atoms with E-state index in [0.717, 1.165) is 5.69 Å². The molecule has 0 fully saturated rings. The van der Waals surface area contributed by atoms with Gasteiger partial charge in [-0.15, -0.1) is 0 Å². The molecule has 2 aromatic rings. The van der Waals surface area contributed by atoms with Crippen LogP contribution in [-0.2, 0) is 12.4 Å². The number of alkyl halides is 6. The second-order valence-corrected chi connectivity index (χ2v) is 6.29. The Morgan fingerprint density at radius 3 is 2.00 bits per heavy atom. The number of rotatable bonds is 6. The molecule has 2 aromatic carbocycles. The van der Waals surface area contributed by atoms with Crippen molar-refractivity contribution in [3.8, 4) is 0 Å². The molecule has 0 radical (unpaired) electrons. The normalized spacial score (nSPS) is 11.8. The van der Waals surface area contributed by atoms with Crippen LogP contribution in [0.4, 0.5) is 42.5 Å². The van der Waals surface area contributed by atoms with Crippen molar-refractivity contribution in [3.63, 3.8) is 0 Å². The molecule has 10 heteroatoms. The molecule has 0 unspecified atom stereocenters. The van der Waals surface area contributed by atoms with Crippen LogP contribution in [0.1, 0.15) is 17.5 Å². The highest BCUT2D eigenvalue weighted by Crippen LogP contribution is 2.37. The molecule has 0 aliphatic rings. The first kappa shape index (κ1) is 22.4. The summed E-state index contributed by atoms with van der Waals surface area (Å²) in [6.45, 7) is 0.778. The van der Waals surface area contributed by atoms with Gasteiger partial charge in [0.1, 0.15) is 0 Å². The largest absolute Gasteiger partial charge is 0.416 e. The predicted octanol–water partition coefficient (Wildman–Crippen LogP) is 5.37. The summed E-state index contributed by atoms with van der Waals surface area (Å²) in [5, 5.41) is 4.44. The number of hydrogen-bond acceptors (Lipinski definition) is 2. The number of benzene rings is 2. The summed E-state index contributed by atoms with van der Waals surface area (Å²) < 4.78 is 77.0. The summed E-state index contributed by atoms with van der Waals surface area (Å²) in [7, 11) is 1.86. The zero-order valence-corrected chi connectivity index (χ0v) is 15.4. The quantitative estimate of drug-likeness (QED) is 0.488. The fraction of sp³-hybridized carbons (Fsp3) is 0.316. The molecule has 0 atom stereocenters. The van der Waals surface area contributed by atoms with E-state index in [2.05, 4.69) is 5.32 Å². The van der Waals surface area contributed by atoms with E-state index in [4.69, 9.17) is 0 Å². The molecule has 4 nitrogen and oxygen atoms in total. The maximum Gasteiger partial charge on any atom is 0.416 e. The highest BCUT2D eigenvalue weighted by atomic mass is 19.4. The van der Waals surface area contributed by atoms with Crippen LogP contribution in [0.15, 0.2) is 48.5 Å². The van der Waals surface area contributed by atoms with Gasteiger partial charge in [-0.1, -0.05) is 18.2 Å². The number of amides is 2. The van der Waals surface area contributed by atoms with Crippen molar-refractivity contribution in [3.05, 3.63) is 59.7 Å². The first-order valence-corrected chi connectivity index (χ1v) is 8.57. The molecule has 0 aliphatic carbocycles. The third-order valence-corrected chi connectivity index (χ3v) is 4.00. The molecule has 0 saturated heterocycles. The minimum atomic E-state index is -4.98. The van der Waals surface area contributed by atoms with Gasteiger partial charge >= 0.3 is 18.4 Å². The molecule has 2 amide bonds. The van der Waals surface area contributed by atoms with E-state index < -0.39 is 35.2 Å². The lowest BCUT2D eigenvalue weighted by molar-refractivity contribution is -0.143. The summed E-state index contributed by atoms with van der Waals surface area (Å²) in [6, 6.07) is 9.47. The molecule has 0 spiro atoms. The minimum absolute atomic E-state index is 0.00248. The van der Waals surface area contributed by atoms with Crippen molar-refractivity contribution in [1.29, 1.82) is 0 Å². The summed E-state index contributed by atoms with van der Waals surface area (Å²) in [5.41, 5.74) is -2.61. The topological polar surface area (TPSA) is 44.4 Å². The Bertz CT molecular complexity index is 789. The molecule has 0 heterocycles. The van der Waals surface area contributed by atoms with Gasteiger partial charge in [0.05, 0.1) is 11.1 Å². The van der Waals surface area contributed by atoms with Gasteiger partial charge in [-0.3, -0.25) is 0 Å². The van der Waals surface area contributed by atoms with Crippen LogP contribution in [0.3, 0.4) is 0 Å². The molecular weight excluding hydrogens is 400 g/mol. The van der Waals surface area contributed by atoms with Gasteiger partial charge in [0.25, 0.3) is 0 Å². The van der Waals surface area contributed by atoms with Crippen molar-refractivity contribution in [2.24, 2.45) is 0 Å². The first-order chi connectivity index (χ1) is 13.5. The number of anilines is 2. The van der Waals surface area contributed by atoms with E-state index in [1.165, 1.54) is 0 Å². The lowest BCUT2D eigenvalue weighted by Gasteiger charge is -2.19. The number of hydrogen-bond donors (Lipinski definition) is 2. The van der Waals surface area contributed by atoms with Gasteiger partial charge in [0.2, 0.25) is 0 Å². The minimum Gasteiger partial charge on any atom is -0.375 e. The molecule has 0 saturated carbocycles. The Morgan fingerprint density at radius 1 is 0.931 bits per heavy atom. The Balaban J connectivity index is 1.93. The van der Waals surface area contributed by atoms with Crippen molar-refractivity contribution >= 4 is 17.4 Å².